The predicted octanol–water partition coefficient (Wildman–Crippen LogP) is 3.32. The fourth-order valence-electron chi connectivity index (χ4n) is 2.63. The molecule has 0 aliphatic heterocycles. The number of benzene rings is 1. The van der Waals surface area contributed by atoms with Crippen molar-refractivity contribution < 1.29 is 9.90 Å². The minimum Gasteiger partial charge on any atom is -0.393 e. The number of rotatable bonds is 3. The highest BCUT2D eigenvalue weighted by atomic mass is 35.5. The summed E-state index contributed by atoms with van der Waals surface area (Å²) < 4.78 is 0. The van der Waals surface area contributed by atoms with Crippen LogP contribution in [0.1, 0.15) is 31.2 Å². The molecule has 0 saturated heterocycles. The minimum absolute atomic E-state index is 0.218. The fourth-order valence-corrected chi connectivity index (χ4v) is 2.90. The SMILES string of the molecule is Cc1cccc(Cl)c1NC(=O)NC[C@@H]1CCC[C@@H](O)C1. The lowest BCUT2D eigenvalue weighted by Gasteiger charge is -2.26. The van der Waals surface area contributed by atoms with Gasteiger partial charge in [0.15, 0.2) is 0 Å². The molecule has 2 rings (SSSR count). The number of amides is 2. The van der Waals surface area contributed by atoms with Gasteiger partial charge in [-0.05, 0) is 43.7 Å². The lowest BCUT2D eigenvalue weighted by atomic mass is 9.87. The van der Waals surface area contributed by atoms with Crippen molar-refractivity contribution in [2.24, 2.45) is 5.92 Å². The van der Waals surface area contributed by atoms with Crippen LogP contribution in [-0.4, -0.2) is 23.8 Å². The summed E-state index contributed by atoms with van der Waals surface area (Å²) in [6.45, 7) is 2.49. The number of carbonyl (C=O) groups is 1. The van der Waals surface area contributed by atoms with Gasteiger partial charge in [0.1, 0.15) is 0 Å². The van der Waals surface area contributed by atoms with Crippen LogP contribution >= 0.6 is 11.6 Å². The molecule has 0 heterocycles. The topological polar surface area (TPSA) is 61.4 Å². The Balaban J connectivity index is 1.83. The number of aliphatic hydroxyl groups is 1. The van der Waals surface area contributed by atoms with E-state index in [0.717, 1.165) is 31.2 Å². The van der Waals surface area contributed by atoms with Gasteiger partial charge >= 0.3 is 6.03 Å². The average Bonchev–Trinajstić information content (AvgIpc) is 2.41. The van der Waals surface area contributed by atoms with E-state index >= 15 is 0 Å². The van der Waals surface area contributed by atoms with Crippen molar-refractivity contribution in [1.82, 2.24) is 5.32 Å². The third kappa shape index (κ3) is 4.12. The molecular formula is C15H21ClN2O2. The van der Waals surface area contributed by atoms with E-state index in [4.69, 9.17) is 11.6 Å². The Morgan fingerprint density at radius 2 is 2.25 bits per heavy atom. The second kappa shape index (κ2) is 6.95. The van der Waals surface area contributed by atoms with E-state index in [0.29, 0.717) is 23.2 Å². The number of carbonyl (C=O) groups excluding carboxylic acids is 1. The van der Waals surface area contributed by atoms with Gasteiger partial charge in [-0.15, -0.1) is 0 Å². The maximum Gasteiger partial charge on any atom is 0.319 e. The van der Waals surface area contributed by atoms with E-state index < -0.39 is 0 Å². The number of anilines is 1. The van der Waals surface area contributed by atoms with Crippen molar-refractivity contribution in [3.8, 4) is 0 Å². The van der Waals surface area contributed by atoms with Crippen molar-refractivity contribution in [3.05, 3.63) is 28.8 Å². The number of nitrogens with one attached hydrogen (secondary N) is 2. The standard InChI is InChI=1S/C15H21ClN2O2/c1-10-4-2-7-13(16)14(10)18-15(20)17-9-11-5-3-6-12(19)8-11/h2,4,7,11-12,19H,3,5-6,8-9H2,1H3,(H2,17,18,20)/t11-,12-/m1/s1. The molecule has 1 fully saturated rings. The molecule has 1 saturated carbocycles. The van der Waals surface area contributed by atoms with Gasteiger partial charge in [-0.2, -0.15) is 0 Å². The van der Waals surface area contributed by atoms with Gasteiger partial charge in [-0.3, -0.25) is 0 Å². The Hall–Kier alpha value is -1.26. The first-order valence-electron chi connectivity index (χ1n) is 7.04. The predicted molar refractivity (Wildman–Crippen MR) is 81.2 cm³/mol. The second-order valence-corrected chi connectivity index (χ2v) is 5.86. The zero-order valence-electron chi connectivity index (χ0n) is 11.7. The summed E-state index contributed by atoms with van der Waals surface area (Å²) in [4.78, 5) is 11.9. The smallest absolute Gasteiger partial charge is 0.319 e. The number of urea groups is 1. The molecule has 0 spiro atoms. The maximum atomic E-state index is 11.9. The molecule has 0 unspecified atom stereocenters. The largest absolute Gasteiger partial charge is 0.393 e. The first-order valence-corrected chi connectivity index (χ1v) is 7.42. The van der Waals surface area contributed by atoms with E-state index in [2.05, 4.69) is 10.6 Å². The van der Waals surface area contributed by atoms with E-state index in [9.17, 15) is 9.90 Å². The van der Waals surface area contributed by atoms with Crippen LogP contribution in [0.4, 0.5) is 10.5 Å². The summed E-state index contributed by atoms with van der Waals surface area (Å²) in [5, 5.41) is 15.8. The number of para-hydroxylation sites is 1. The Morgan fingerprint density at radius 3 is 2.95 bits per heavy atom. The van der Waals surface area contributed by atoms with Crippen LogP contribution in [-0.2, 0) is 0 Å². The molecule has 5 heteroatoms. The highest BCUT2D eigenvalue weighted by Crippen LogP contribution is 2.25. The Labute approximate surface area is 124 Å². The first kappa shape index (κ1) is 15.1. The summed E-state index contributed by atoms with van der Waals surface area (Å²) in [6.07, 6.45) is 3.51. The molecule has 2 amide bonds. The van der Waals surface area contributed by atoms with E-state index in [1.54, 1.807) is 6.07 Å². The number of aliphatic hydroxyl groups excluding tert-OH is 1. The summed E-state index contributed by atoms with van der Waals surface area (Å²) in [7, 11) is 0. The van der Waals surface area contributed by atoms with Crippen molar-refractivity contribution in [2.75, 3.05) is 11.9 Å². The van der Waals surface area contributed by atoms with Gasteiger partial charge in [0.25, 0.3) is 0 Å². The lowest BCUT2D eigenvalue weighted by Crippen LogP contribution is -2.35. The Morgan fingerprint density at radius 1 is 1.45 bits per heavy atom. The molecule has 3 N–H and O–H groups in total. The van der Waals surface area contributed by atoms with E-state index in [1.807, 2.05) is 19.1 Å². The van der Waals surface area contributed by atoms with Crippen LogP contribution in [0.5, 0.6) is 0 Å². The van der Waals surface area contributed by atoms with E-state index in [1.165, 1.54) is 0 Å². The number of hydrogen-bond donors (Lipinski definition) is 3. The molecule has 110 valence electrons. The lowest BCUT2D eigenvalue weighted by molar-refractivity contribution is 0.101. The molecule has 4 nitrogen and oxygen atoms in total. The number of halogens is 1. The second-order valence-electron chi connectivity index (χ2n) is 5.45. The van der Waals surface area contributed by atoms with Gasteiger partial charge in [0, 0.05) is 6.54 Å². The quantitative estimate of drug-likeness (QED) is 0.801. The van der Waals surface area contributed by atoms with Crippen LogP contribution < -0.4 is 10.6 Å². The van der Waals surface area contributed by atoms with Gasteiger partial charge < -0.3 is 15.7 Å². The summed E-state index contributed by atoms with van der Waals surface area (Å²) in [5.74, 6) is 0.358. The number of hydrogen-bond acceptors (Lipinski definition) is 2. The molecule has 0 bridgehead atoms. The molecule has 1 aromatic rings. The first-order chi connectivity index (χ1) is 9.56. The van der Waals surface area contributed by atoms with Gasteiger partial charge in [0.2, 0.25) is 0 Å². The molecule has 0 aromatic heterocycles. The maximum absolute atomic E-state index is 11.9. The highest BCUT2D eigenvalue weighted by Gasteiger charge is 2.20. The van der Waals surface area contributed by atoms with Crippen molar-refractivity contribution >= 4 is 23.3 Å². The Kier molecular flexibility index (Phi) is 5.26. The van der Waals surface area contributed by atoms with E-state index in [-0.39, 0.29) is 12.1 Å². The fraction of sp³-hybridized carbons (Fsp3) is 0.533. The summed E-state index contributed by atoms with van der Waals surface area (Å²) in [6, 6.07) is 5.26. The number of aryl methyl sites for hydroxylation is 1. The van der Waals surface area contributed by atoms with Gasteiger partial charge in [-0.25, -0.2) is 4.79 Å². The van der Waals surface area contributed by atoms with Crippen molar-refractivity contribution in [3.63, 3.8) is 0 Å². The average molecular weight is 297 g/mol. The van der Waals surface area contributed by atoms with Crippen LogP contribution in [0.3, 0.4) is 0 Å². The Bertz CT molecular complexity index is 459. The third-order valence-corrected chi connectivity index (χ3v) is 4.08. The summed E-state index contributed by atoms with van der Waals surface area (Å²) in [5.41, 5.74) is 1.58. The molecule has 2 atom stereocenters. The molecule has 1 aliphatic carbocycles. The van der Waals surface area contributed by atoms with Gasteiger partial charge in [0.05, 0.1) is 16.8 Å². The minimum atomic E-state index is -0.249. The molecule has 1 aromatic carbocycles. The van der Waals surface area contributed by atoms with Gasteiger partial charge in [-0.1, -0.05) is 30.2 Å². The molecule has 20 heavy (non-hydrogen) atoms. The van der Waals surface area contributed by atoms with Crippen molar-refractivity contribution in [1.29, 1.82) is 0 Å². The zero-order valence-corrected chi connectivity index (χ0v) is 12.4. The van der Waals surface area contributed by atoms with Crippen LogP contribution in [0.2, 0.25) is 5.02 Å². The normalized spacial score (nSPS) is 22.4. The van der Waals surface area contributed by atoms with Crippen molar-refractivity contribution in [2.45, 2.75) is 38.7 Å². The molecular weight excluding hydrogens is 276 g/mol. The highest BCUT2D eigenvalue weighted by molar-refractivity contribution is 6.33. The van der Waals surface area contributed by atoms with Crippen LogP contribution in [0, 0.1) is 12.8 Å². The monoisotopic (exact) mass is 296 g/mol. The molecule has 1 aliphatic rings. The summed E-state index contributed by atoms with van der Waals surface area (Å²) >= 11 is 6.07. The zero-order chi connectivity index (χ0) is 14.5. The third-order valence-electron chi connectivity index (χ3n) is 3.77. The van der Waals surface area contributed by atoms with Crippen LogP contribution in [0.25, 0.3) is 0 Å². The molecule has 0 radical (unpaired) electrons. The van der Waals surface area contributed by atoms with Crippen LogP contribution in [0.15, 0.2) is 18.2 Å².